The normalized spacial score (nSPS) is 10.5. The first kappa shape index (κ1) is 16.7. The van der Waals surface area contributed by atoms with Crippen molar-refractivity contribution in [1.29, 1.82) is 0 Å². The van der Waals surface area contributed by atoms with Crippen LogP contribution in [0.2, 0.25) is 0 Å². The zero-order valence-electron chi connectivity index (χ0n) is 12.1. The monoisotopic (exact) mass is 336 g/mol. The van der Waals surface area contributed by atoms with Crippen LogP contribution in [0.3, 0.4) is 0 Å². The van der Waals surface area contributed by atoms with Gasteiger partial charge in [0, 0.05) is 24.7 Å². The Labute approximate surface area is 136 Å². The van der Waals surface area contributed by atoms with Crippen molar-refractivity contribution < 1.29 is 15.0 Å². The van der Waals surface area contributed by atoms with Crippen LogP contribution in [-0.2, 0) is 11.3 Å². The number of nitrogens with two attached hydrogens (primary N) is 1. The van der Waals surface area contributed by atoms with Crippen LogP contribution >= 0.6 is 12.2 Å². The summed E-state index contributed by atoms with van der Waals surface area (Å²) in [5.41, 5.74) is 5.36. The van der Waals surface area contributed by atoms with Gasteiger partial charge in [0.25, 0.3) is 5.56 Å². The summed E-state index contributed by atoms with van der Waals surface area (Å²) < 4.78 is 1.68. The molecule has 0 fully saturated rings. The lowest BCUT2D eigenvalue weighted by atomic mass is 10.1. The van der Waals surface area contributed by atoms with Crippen LogP contribution in [-0.4, -0.2) is 38.8 Å². The van der Waals surface area contributed by atoms with Gasteiger partial charge in [-0.05, 0) is 30.4 Å². The molecule has 1 amide bonds. The van der Waals surface area contributed by atoms with E-state index < -0.39 is 5.56 Å². The molecule has 0 aliphatic rings. The molecule has 0 unspecified atom stereocenters. The lowest BCUT2D eigenvalue weighted by molar-refractivity contribution is -0.119. The van der Waals surface area contributed by atoms with E-state index in [4.69, 9.17) is 18.0 Å². The second-order valence-electron chi connectivity index (χ2n) is 4.73. The Bertz CT molecular complexity index is 843. The van der Waals surface area contributed by atoms with Crippen molar-refractivity contribution in [3.8, 4) is 22.8 Å². The predicted octanol–water partition coefficient (Wildman–Crippen LogP) is 0.0590. The SMILES string of the molecule is NCC(=O)NCCn1c(-c2cc(O)ccc2O)cc(=O)[nH]c1=S. The second-order valence-corrected chi connectivity index (χ2v) is 5.12. The van der Waals surface area contributed by atoms with E-state index in [2.05, 4.69) is 10.3 Å². The molecule has 1 aromatic carbocycles. The molecule has 0 atom stereocenters. The Balaban J connectivity index is 2.46. The van der Waals surface area contributed by atoms with Crippen LogP contribution in [0.15, 0.2) is 29.1 Å². The van der Waals surface area contributed by atoms with Crippen molar-refractivity contribution in [2.24, 2.45) is 5.73 Å². The maximum atomic E-state index is 11.7. The Kier molecular flexibility index (Phi) is 5.14. The highest BCUT2D eigenvalue weighted by atomic mass is 32.1. The molecule has 1 aromatic heterocycles. The van der Waals surface area contributed by atoms with Crippen LogP contribution in [0.4, 0.5) is 0 Å². The third-order valence-electron chi connectivity index (χ3n) is 3.13. The van der Waals surface area contributed by atoms with E-state index in [9.17, 15) is 19.8 Å². The third-order valence-corrected chi connectivity index (χ3v) is 3.46. The van der Waals surface area contributed by atoms with Crippen LogP contribution in [0.5, 0.6) is 11.5 Å². The maximum absolute atomic E-state index is 11.7. The zero-order valence-corrected chi connectivity index (χ0v) is 12.9. The largest absolute Gasteiger partial charge is 0.508 e. The molecule has 9 heteroatoms. The van der Waals surface area contributed by atoms with Gasteiger partial charge in [0.1, 0.15) is 11.5 Å². The van der Waals surface area contributed by atoms with Crippen LogP contribution < -0.4 is 16.6 Å². The molecule has 2 rings (SSSR count). The number of phenolic OH excluding ortho intramolecular Hbond substituents is 2. The predicted molar refractivity (Wildman–Crippen MR) is 86.7 cm³/mol. The molecule has 8 nitrogen and oxygen atoms in total. The summed E-state index contributed by atoms with van der Waals surface area (Å²) in [6, 6.07) is 5.23. The molecule has 1 heterocycles. The van der Waals surface area contributed by atoms with Crippen molar-refractivity contribution in [2.75, 3.05) is 13.1 Å². The number of aromatic hydroxyl groups is 2. The number of rotatable bonds is 5. The van der Waals surface area contributed by atoms with Gasteiger partial charge in [-0.25, -0.2) is 0 Å². The number of aromatic nitrogens is 2. The first-order chi connectivity index (χ1) is 10.9. The van der Waals surface area contributed by atoms with Crippen molar-refractivity contribution in [3.63, 3.8) is 0 Å². The van der Waals surface area contributed by atoms with E-state index in [0.717, 1.165) is 0 Å². The van der Waals surface area contributed by atoms with Crippen LogP contribution in [0.25, 0.3) is 11.3 Å². The lowest BCUT2D eigenvalue weighted by Gasteiger charge is -2.15. The highest BCUT2D eigenvalue weighted by molar-refractivity contribution is 7.71. The zero-order chi connectivity index (χ0) is 17.0. The van der Waals surface area contributed by atoms with E-state index in [1.165, 1.54) is 24.3 Å². The van der Waals surface area contributed by atoms with Gasteiger partial charge in [0.2, 0.25) is 5.91 Å². The summed E-state index contributed by atoms with van der Waals surface area (Å²) in [6.07, 6.45) is 0. The van der Waals surface area contributed by atoms with E-state index in [1.54, 1.807) is 4.57 Å². The second kappa shape index (κ2) is 7.07. The molecular formula is C14H16N4O4S. The molecule has 0 saturated heterocycles. The van der Waals surface area contributed by atoms with Gasteiger partial charge in [-0.3, -0.25) is 14.6 Å². The summed E-state index contributed by atoms with van der Waals surface area (Å²) in [6.45, 7) is 0.367. The number of hydrogen-bond donors (Lipinski definition) is 5. The standard InChI is InChI=1S/C14H16N4O4S/c15-7-13(22)16-3-4-18-10(6-12(21)17-14(18)23)9-5-8(19)1-2-11(9)20/h1-2,5-6,19-20H,3-4,7,15H2,(H,16,22)(H,17,21,23). The van der Waals surface area contributed by atoms with Crippen LogP contribution in [0, 0.1) is 4.77 Å². The van der Waals surface area contributed by atoms with Crippen LogP contribution in [0.1, 0.15) is 0 Å². The smallest absolute Gasteiger partial charge is 0.252 e. The maximum Gasteiger partial charge on any atom is 0.252 e. The Hall–Kier alpha value is -2.65. The molecule has 0 aliphatic heterocycles. The number of benzene rings is 1. The Morgan fingerprint density at radius 2 is 2.09 bits per heavy atom. The van der Waals surface area contributed by atoms with Crippen molar-refractivity contribution in [1.82, 2.24) is 14.9 Å². The fourth-order valence-electron chi connectivity index (χ4n) is 2.07. The molecule has 6 N–H and O–H groups in total. The third kappa shape index (κ3) is 3.96. The van der Waals surface area contributed by atoms with E-state index in [0.29, 0.717) is 5.69 Å². The van der Waals surface area contributed by atoms with Gasteiger partial charge < -0.3 is 25.8 Å². The summed E-state index contributed by atoms with van der Waals surface area (Å²) in [7, 11) is 0. The fraction of sp³-hybridized carbons (Fsp3) is 0.214. The average Bonchev–Trinajstić information content (AvgIpc) is 2.51. The molecule has 0 aliphatic carbocycles. The topological polar surface area (TPSA) is 133 Å². The quantitative estimate of drug-likeness (QED) is 0.387. The summed E-state index contributed by atoms with van der Waals surface area (Å²) in [4.78, 5) is 25.4. The minimum absolute atomic E-state index is 0.0630. The first-order valence-corrected chi connectivity index (χ1v) is 7.16. The molecule has 0 bridgehead atoms. The van der Waals surface area contributed by atoms with Crippen molar-refractivity contribution in [2.45, 2.75) is 6.54 Å². The number of carbonyl (C=O) groups is 1. The molecule has 23 heavy (non-hydrogen) atoms. The number of nitrogens with zero attached hydrogens (tertiary/aromatic N) is 1. The number of nitrogens with one attached hydrogen (secondary N) is 2. The number of aromatic amines is 1. The molecular weight excluding hydrogens is 320 g/mol. The Morgan fingerprint density at radius 1 is 1.35 bits per heavy atom. The number of phenols is 2. The van der Waals surface area contributed by atoms with Gasteiger partial charge in [-0.15, -0.1) is 0 Å². The molecule has 0 saturated carbocycles. The van der Waals surface area contributed by atoms with Gasteiger partial charge in [-0.1, -0.05) is 0 Å². The summed E-state index contributed by atoms with van der Waals surface area (Å²) in [5, 5.41) is 22.2. The molecule has 122 valence electrons. The van der Waals surface area contributed by atoms with E-state index in [1.807, 2.05) is 0 Å². The minimum Gasteiger partial charge on any atom is -0.508 e. The van der Waals surface area contributed by atoms with Gasteiger partial charge in [0.05, 0.1) is 12.2 Å². The Morgan fingerprint density at radius 3 is 2.78 bits per heavy atom. The highest BCUT2D eigenvalue weighted by Gasteiger charge is 2.12. The number of amides is 1. The lowest BCUT2D eigenvalue weighted by Crippen LogP contribution is -2.33. The first-order valence-electron chi connectivity index (χ1n) is 6.75. The highest BCUT2D eigenvalue weighted by Crippen LogP contribution is 2.31. The number of hydrogen-bond acceptors (Lipinski definition) is 6. The molecule has 2 aromatic rings. The molecule has 0 radical (unpaired) electrons. The summed E-state index contributed by atoms with van der Waals surface area (Å²) >= 11 is 5.14. The van der Waals surface area contributed by atoms with Gasteiger partial charge in [0.15, 0.2) is 4.77 Å². The number of carbonyl (C=O) groups excluding carboxylic acids is 1. The summed E-state index contributed by atoms with van der Waals surface area (Å²) in [5.74, 6) is -0.489. The van der Waals surface area contributed by atoms with Gasteiger partial charge in [-0.2, -0.15) is 0 Å². The van der Waals surface area contributed by atoms with E-state index >= 15 is 0 Å². The number of H-pyrrole nitrogens is 1. The molecule has 0 spiro atoms. The average molecular weight is 336 g/mol. The van der Waals surface area contributed by atoms with Gasteiger partial charge >= 0.3 is 0 Å². The van der Waals surface area contributed by atoms with E-state index in [-0.39, 0.29) is 47.4 Å². The van der Waals surface area contributed by atoms with Crippen molar-refractivity contribution in [3.05, 3.63) is 39.4 Å². The fourth-order valence-corrected chi connectivity index (χ4v) is 2.36. The van der Waals surface area contributed by atoms with Crippen molar-refractivity contribution >= 4 is 18.1 Å². The minimum atomic E-state index is -0.435.